The molecule has 0 bridgehead atoms. The van der Waals surface area contributed by atoms with Gasteiger partial charge in [-0.05, 0) is 20.8 Å². The van der Waals surface area contributed by atoms with Gasteiger partial charge in [-0.25, -0.2) is 0 Å². The Morgan fingerprint density at radius 2 is 2.08 bits per heavy atom. The first-order valence-electron chi connectivity index (χ1n) is 3.85. The minimum Gasteiger partial charge on any atom is -0.465 e. The molecule has 0 aromatic carbocycles. The average molecular weight is 190 g/mol. The van der Waals surface area contributed by atoms with E-state index in [2.05, 4.69) is 0 Å². The molecule has 70 valence electrons. The van der Waals surface area contributed by atoms with Crippen molar-refractivity contribution in [2.75, 3.05) is 12.4 Å². The van der Waals surface area contributed by atoms with Crippen LogP contribution >= 0.6 is 11.8 Å². The summed E-state index contributed by atoms with van der Waals surface area (Å²) >= 11 is 1.31. The summed E-state index contributed by atoms with van der Waals surface area (Å²) < 4.78 is 4.76. The third-order valence-electron chi connectivity index (χ3n) is 1.16. The molecule has 0 spiro atoms. The standard InChI is InChI=1S/C8H14O3S/c1-4-11-8(10)7(3)12-5-6(2)9/h7H,4-5H2,1-3H3. The lowest BCUT2D eigenvalue weighted by Gasteiger charge is -2.08. The Hall–Kier alpha value is -0.510. The van der Waals surface area contributed by atoms with Crippen molar-refractivity contribution in [2.45, 2.75) is 26.0 Å². The maximum absolute atomic E-state index is 11.0. The van der Waals surface area contributed by atoms with Gasteiger partial charge in [0.2, 0.25) is 0 Å². The van der Waals surface area contributed by atoms with Crippen LogP contribution in [0, 0.1) is 0 Å². The van der Waals surface area contributed by atoms with Gasteiger partial charge in [0.25, 0.3) is 0 Å². The van der Waals surface area contributed by atoms with Gasteiger partial charge in [0.1, 0.15) is 11.0 Å². The highest BCUT2D eigenvalue weighted by Gasteiger charge is 2.14. The molecular weight excluding hydrogens is 176 g/mol. The molecule has 0 aliphatic rings. The number of ketones is 1. The highest BCUT2D eigenvalue weighted by Crippen LogP contribution is 2.11. The molecule has 0 aromatic heterocycles. The van der Waals surface area contributed by atoms with Crippen molar-refractivity contribution >= 4 is 23.5 Å². The van der Waals surface area contributed by atoms with Crippen LogP contribution in [-0.4, -0.2) is 29.4 Å². The zero-order valence-corrected chi connectivity index (χ0v) is 8.44. The SMILES string of the molecule is CCOC(=O)C(C)SCC(C)=O. The van der Waals surface area contributed by atoms with Gasteiger partial charge in [0, 0.05) is 0 Å². The van der Waals surface area contributed by atoms with Crippen LogP contribution in [0.15, 0.2) is 0 Å². The molecular formula is C8H14O3S. The van der Waals surface area contributed by atoms with Crippen LogP contribution in [0.4, 0.5) is 0 Å². The number of carbonyl (C=O) groups is 2. The fraction of sp³-hybridized carbons (Fsp3) is 0.750. The van der Waals surface area contributed by atoms with Gasteiger partial charge in [0.15, 0.2) is 0 Å². The van der Waals surface area contributed by atoms with Crippen LogP contribution in [0.2, 0.25) is 0 Å². The summed E-state index contributed by atoms with van der Waals surface area (Å²) in [6.07, 6.45) is 0. The van der Waals surface area contributed by atoms with E-state index in [4.69, 9.17) is 4.74 Å². The smallest absolute Gasteiger partial charge is 0.318 e. The number of rotatable bonds is 5. The Kier molecular flexibility index (Phi) is 5.80. The molecule has 0 saturated carbocycles. The summed E-state index contributed by atoms with van der Waals surface area (Å²) in [5, 5.41) is -0.242. The second-order valence-corrected chi connectivity index (χ2v) is 3.74. The van der Waals surface area contributed by atoms with Crippen LogP contribution in [0.1, 0.15) is 20.8 Å². The molecule has 0 fully saturated rings. The molecule has 0 amide bonds. The number of Topliss-reactive ketones (excluding diaryl/α,β-unsaturated/α-hetero) is 1. The average Bonchev–Trinajstić information content (AvgIpc) is 2.00. The molecule has 3 nitrogen and oxygen atoms in total. The molecule has 0 aliphatic carbocycles. The van der Waals surface area contributed by atoms with Crippen LogP contribution in [0.3, 0.4) is 0 Å². The zero-order chi connectivity index (χ0) is 9.56. The number of hydrogen-bond acceptors (Lipinski definition) is 4. The van der Waals surface area contributed by atoms with Crippen molar-refractivity contribution in [3.8, 4) is 0 Å². The molecule has 0 rings (SSSR count). The number of hydrogen-bond donors (Lipinski definition) is 0. The third-order valence-corrected chi connectivity index (χ3v) is 2.42. The monoisotopic (exact) mass is 190 g/mol. The van der Waals surface area contributed by atoms with Gasteiger partial charge in [-0.3, -0.25) is 9.59 Å². The van der Waals surface area contributed by atoms with Gasteiger partial charge in [-0.15, -0.1) is 11.8 Å². The third kappa shape index (κ3) is 5.18. The van der Waals surface area contributed by atoms with Crippen LogP contribution in [-0.2, 0) is 14.3 Å². The minimum absolute atomic E-state index is 0.0798. The molecule has 1 unspecified atom stereocenters. The fourth-order valence-corrected chi connectivity index (χ4v) is 1.26. The Bertz CT molecular complexity index is 168. The normalized spacial score (nSPS) is 12.2. The first-order chi connectivity index (χ1) is 5.57. The van der Waals surface area contributed by atoms with E-state index < -0.39 is 0 Å². The molecule has 0 N–H and O–H groups in total. The topological polar surface area (TPSA) is 43.4 Å². The lowest BCUT2D eigenvalue weighted by atomic mass is 10.5. The fourth-order valence-electron chi connectivity index (χ4n) is 0.570. The Balaban J connectivity index is 3.63. The van der Waals surface area contributed by atoms with Gasteiger partial charge in [-0.1, -0.05) is 0 Å². The summed E-state index contributed by atoms with van der Waals surface area (Å²) in [4.78, 5) is 21.6. The first kappa shape index (κ1) is 11.5. The van der Waals surface area contributed by atoms with E-state index in [-0.39, 0.29) is 17.0 Å². The van der Waals surface area contributed by atoms with E-state index >= 15 is 0 Å². The van der Waals surface area contributed by atoms with Crippen molar-refractivity contribution in [2.24, 2.45) is 0 Å². The number of esters is 1. The predicted octanol–water partition coefficient (Wildman–Crippen LogP) is 1.26. The number of carbonyl (C=O) groups excluding carboxylic acids is 2. The van der Waals surface area contributed by atoms with Crippen molar-refractivity contribution < 1.29 is 14.3 Å². The van der Waals surface area contributed by atoms with Crippen molar-refractivity contribution in [3.63, 3.8) is 0 Å². The van der Waals surface area contributed by atoms with Gasteiger partial charge in [0.05, 0.1) is 12.4 Å². The van der Waals surface area contributed by atoms with E-state index in [1.165, 1.54) is 18.7 Å². The molecule has 0 saturated heterocycles. The summed E-state index contributed by atoms with van der Waals surface area (Å²) in [6, 6.07) is 0. The zero-order valence-electron chi connectivity index (χ0n) is 7.62. The summed E-state index contributed by atoms with van der Waals surface area (Å²) in [7, 11) is 0. The van der Waals surface area contributed by atoms with Gasteiger partial charge >= 0.3 is 5.97 Å². The lowest BCUT2D eigenvalue weighted by molar-refractivity contribution is -0.142. The van der Waals surface area contributed by atoms with Crippen molar-refractivity contribution in [1.82, 2.24) is 0 Å². The molecule has 0 aliphatic heterocycles. The highest BCUT2D eigenvalue weighted by atomic mass is 32.2. The van der Waals surface area contributed by atoms with Crippen molar-refractivity contribution in [3.05, 3.63) is 0 Å². The van der Waals surface area contributed by atoms with E-state index in [0.29, 0.717) is 12.4 Å². The predicted molar refractivity (Wildman–Crippen MR) is 49.2 cm³/mol. The first-order valence-corrected chi connectivity index (χ1v) is 4.90. The summed E-state index contributed by atoms with van der Waals surface area (Å²) in [5.41, 5.74) is 0. The molecule has 1 atom stereocenters. The van der Waals surface area contributed by atoms with Crippen molar-refractivity contribution in [1.29, 1.82) is 0 Å². The summed E-state index contributed by atoms with van der Waals surface area (Å²) in [6.45, 7) is 5.40. The second-order valence-electron chi connectivity index (χ2n) is 2.41. The molecule has 0 radical (unpaired) electrons. The van der Waals surface area contributed by atoms with E-state index in [9.17, 15) is 9.59 Å². The number of ether oxygens (including phenoxy) is 1. The largest absolute Gasteiger partial charge is 0.465 e. The molecule has 0 aromatic rings. The van der Waals surface area contributed by atoms with E-state index in [1.54, 1.807) is 13.8 Å². The van der Waals surface area contributed by atoms with Crippen LogP contribution < -0.4 is 0 Å². The molecule has 0 heterocycles. The van der Waals surface area contributed by atoms with Gasteiger partial charge < -0.3 is 4.74 Å². The summed E-state index contributed by atoms with van der Waals surface area (Å²) in [5.74, 6) is 0.208. The van der Waals surface area contributed by atoms with Crippen LogP contribution in [0.5, 0.6) is 0 Å². The Labute approximate surface area is 76.9 Å². The molecule has 12 heavy (non-hydrogen) atoms. The minimum atomic E-state index is -0.247. The Morgan fingerprint density at radius 3 is 2.50 bits per heavy atom. The van der Waals surface area contributed by atoms with Crippen LogP contribution in [0.25, 0.3) is 0 Å². The number of thioether (sulfide) groups is 1. The Morgan fingerprint density at radius 1 is 1.50 bits per heavy atom. The maximum atomic E-state index is 11.0. The lowest BCUT2D eigenvalue weighted by Crippen LogP contribution is -2.18. The second kappa shape index (κ2) is 6.06. The molecule has 4 heteroatoms. The van der Waals surface area contributed by atoms with E-state index in [0.717, 1.165) is 0 Å². The van der Waals surface area contributed by atoms with Gasteiger partial charge in [-0.2, -0.15) is 0 Å². The highest BCUT2D eigenvalue weighted by molar-refractivity contribution is 8.01. The van der Waals surface area contributed by atoms with E-state index in [1.807, 2.05) is 0 Å². The maximum Gasteiger partial charge on any atom is 0.318 e. The quantitative estimate of drug-likeness (QED) is 0.612.